The van der Waals surface area contributed by atoms with Crippen molar-refractivity contribution < 1.29 is 4.74 Å². The molecule has 0 radical (unpaired) electrons. The number of halogens is 1. The number of hydrogen-bond donors (Lipinski definition) is 2. The first-order valence-corrected chi connectivity index (χ1v) is 8.37. The van der Waals surface area contributed by atoms with Gasteiger partial charge in [0.05, 0.1) is 41.2 Å². The molecule has 0 saturated carbocycles. The molecule has 0 aromatic carbocycles. The number of nitrogens with two attached hydrogens (primary N) is 1. The van der Waals surface area contributed by atoms with Gasteiger partial charge in [-0.3, -0.25) is 16.0 Å². The monoisotopic (exact) mass is 357 g/mol. The number of likely N-dealkylation sites (N-methyl/N-ethyl adjacent to an activating group) is 1. The molecule has 7 heteroatoms. The zero-order valence-corrected chi connectivity index (χ0v) is 14.2. The van der Waals surface area contributed by atoms with Crippen molar-refractivity contribution in [3.8, 4) is 0 Å². The lowest BCUT2D eigenvalue weighted by molar-refractivity contribution is 0.0848. The molecule has 1 aromatic rings. The first kappa shape index (κ1) is 15.4. The SMILES string of the molecule is CN(C)CCn1ncc(Br)c1C(NN)C1CC2CCC1O2. The minimum Gasteiger partial charge on any atom is -0.375 e. The van der Waals surface area contributed by atoms with Crippen LogP contribution in [0.25, 0.3) is 0 Å². The molecule has 118 valence electrons. The maximum Gasteiger partial charge on any atom is 0.0713 e. The molecule has 2 aliphatic rings. The summed E-state index contributed by atoms with van der Waals surface area (Å²) < 4.78 is 9.07. The van der Waals surface area contributed by atoms with Gasteiger partial charge in [0, 0.05) is 12.5 Å². The molecule has 0 aliphatic carbocycles. The van der Waals surface area contributed by atoms with Crippen LogP contribution in [0.1, 0.15) is 31.0 Å². The topological polar surface area (TPSA) is 68.3 Å². The molecule has 0 amide bonds. The molecule has 2 saturated heterocycles. The molecule has 3 heterocycles. The largest absolute Gasteiger partial charge is 0.375 e. The maximum atomic E-state index is 5.99. The summed E-state index contributed by atoms with van der Waals surface area (Å²) in [6.45, 7) is 1.80. The fraction of sp³-hybridized carbons (Fsp3) is 0.786. The predicted octanol–water partition coefficient (Wildman–Crippen LogP) is 1.28. The lowest BCUT2D eigenvalue weighted by Crippen LogP contribution is -2.39. The molecule has 2 fully saturated rings. The van der Waals surface area contributed by atoms with E-state index in [1.54, 1.807) is 0 Å². The van der Waals surface area contributed by atoms with Gasteiger partial charge in [-0.25, -0.2) is 0 Å². The molecule has 21 heavy (non-hydrogen) atoms. The number of aromatic nitrogens is 2. The van der Waals surface area contributed by atoms with Gasteiger partial charge in [-0.05, 0) is 49.3 Å². The van der Waals surface area contributed by atoms with Crippen LogP contribution >= 0.6 is 15.9 Å². The molecule has 4 unspecified atom stereocenters. The fourth-order valence-electron chi connectivity index (χ4n) is 3.59. The second-order valence-corrected chi connectivity index (χ2v) is 7.18. The fourth-order valence-corrected chi connectivity index (χ4v) is 4.13. The Bertz CT molecular complexity index is 492. The summed E-state index contributed by atoms with van der Waals surface area (Å²) in [5.41, 5.74) is 4.16. The maximum absolute atomic E-state index is 5.99. The van der Waals surface area contributed by atoms with E-state index in [-0.39, 0.29) is 6.04 Å². The van der Waals surface area contributed by atoms with E-state index in [4.69, 9.17) is 10.6 Å². The van der Waals surface area contributed by atoms with Gasteiger partial charge in [-0.2, -0.15) is 5.10 Å². The summed E-state index contributed by atoms with van der Waals surface area (Å²) in [6.07, 6.45) is 6.05. The van der Waals surface area contributed by atoms with Crippen molar-refractivity contribution in [2.24, 2.45) is 11.8 Å². The average molecular weight is 358 g/mol. The van der Waals surface area contributed by atoms with Crippen LogP contribution in [0.3, 0.4) is 0 Å². The van der Waals surface area contributed by atoms with Gasteiger partial charge < -0.3 is 9.64 Å². The first-order valence-electron chi connectivity index (χ1n) is 7.57. The quantitative estimate of drug-likeness (QED) is 0.592. The normalized spacial score (nSPS) is 29.5. The zero-order chi connectivity index (χ0) is 15.0. The van der Waals surface area contributed by atoms with Crippen LogP contribution in [0.5, 0.6) is 0 Å². The predicted molar refractivity (Wildman–Crippen MR) is 84.5 cm³/mol. The summed E-state index contributed by atoms with van der Waals surface area (Å²) in [4.78, 5) is 2.16. The summed E-state index contributed by atoms with van der Waals surface area (Å²) in [5, 5.41) is 4.50. The Balaban J connectivity index is 1.81. The van der Waals surface area contributed by atoms with Crippen LogP contribution in [0.15, 0.2) is 10.7 Å². The van der Waals surface area contributed by atoms with Crippen molar-refractivity contribution >= 4 is 15.9 Å². The molecular formula is C14H24BrN5O. The van der Waals surface area contributed by atoms with Crippen LogP contribution in [-0.2, 0) is 11.3 Å². The van der Waals surface area contributed by atoms with Crippen LogP contribution in [0, 0.1) is 5.92 Å². The summed E-state index contributed by atoms with van der Waals surface area (Å²) in [7, 11) is 4.14. The minimum atomic E-state index is 0.0827. The van der Waals surface area contributed by atoms with Crippen molar-refractivity contribution in [3.05, 3.63) is 16.4 Å². The minimum absolute atomic E-state index is 0.0827. The van der Waals surface area contributed by atoms with Crippen molar-refractivity contribution in [2.75, 3.05) is 20.6 Å². The lowest BCUT2D eigenvalue weighted by Gasteiger charge is -2.29. The summed E-state index contributed by atoms with van der Waals surface area (Å²) >= 11 is 3.63. The Labute approximate surface area is 134 Å². The molecule has 6 nitrogen and oxygen atoms in total. The van der Waals surface area contributed by atoms with Crippen molar-refractivity contribution in [3.63, 3.8) is 0 Å². The number of hydrogen-bond acceptors (Lipinski definition) is 5. The van der Waals surface area contributed by atoms with Crippen LogP contribution < -0.4 is 11.3 Å². The Morgan fingerprint density at radius 1 is 1.57 bits per heavy atom. The smallest absolute Gasteiger partial charge is 0.0713 e. The average Bonchev–Trinajstić information content (AvgIpc) is 3.15. The van der Waals surface area contributed by atoms with E-state index in [0.717, 1.165) is 36.1 Å². The molecule has 0 spiro atoms. The number of ether oxygens (including phenoxy) is 1. The first-order chi connectivity index (χ1) is 10.1. The van der Waals surface area contributed by atoms with Crippen LogP contribution in [0.2, 0.25) is 0 Å². The third-order valence-corrected chi connectivity index (χ3v) is 5.26. The van der Waals surface area contributed by atoms with E-state index in [1.807, 2.05) is 6.20 Å². The number of hydrazine groups is 1. The van der Waals surface area contributed by atoms with Crippen molar-refractivity contribution in [1.29, 1.82) is 0 Å². The molecule has 2 bridgehead atoms. The number of nitrogens with one attached hydrogen (secondary N) is 1. The lowest BCUT2D eigenvalue weighted by atomic mass is 9.83. The Morgan fingerprint density at radius 3 is 2.95 bits per heavy atom. The van der Waals surface area contributed by atoms with Gasteiger partial charge in [-0.1, -0.05) is 0 Å². The molecule has 2 aliphatic heterocycles. The van der Waals surface area contributed by atoms with Gasteiger partial charge in [0.15, 0.2) is 0 Å². The van der Waals surface area contributed by atoms with Crippen LogP contribution in [-0.4, -0.2) is 47.5 Å². The summed E-state index contributed by atoms with van der Waals surface area (Å²) in [5.74, 6) is 6.32. The standard InChI is InChI=1S/C14H24BrN5O/c1-19(2)5-6-20-14(11(15)8-17-20)13(18-16)10-7-9-3-4-12(10)21-9/h8-10,12-13,18H,3-7,16H2,1-2H3. The number of rotatable bonds is 6. The van der Waals surface area contributed by atoms with E-state index < -0.39 is 0 Å². The highest BCUT2D eigenvalue weighted by atomic mass is 79.9. The second kappa shape index (κ2) is 6.34. The Kier molecular flexibility index (Phi) is 4.66. The van der Waals surface area contributed by atoms with E-state index >= 15 is 0 Å². The van der Waals surface area contributed by atoms with E-state index in [9.17, 15) is 0 Å². The number of fused-ring (bicyclic) bond motifs is 2. The van der Waals surface area contributed by atoms with E-state index in [2.05, 4.69) is 50.1 Å². The molecule has 4 atom stereocenters. The van der Waals surface area contributed by atoms with Crippen molar-refractivity contribution in [1.82, 2.24) is 20.1 Å². The van der Waals surface area contributed by atoms with Gasteiger partial charge in [-0.15, -0.1) is 0 Å². The zero-order valence-electron chi connectivity index (χ0n) is 12.6. The van der Waals surface area contributed by atoms with E-state index in [0.29, 0.717) is 18.1 Å². The highest BCUT2D eigenvalue weighted by Gasteiger charge is 2.45. The Hall–Kier alpha value is -0.470. The highest BCUT2D eigenvalue weighted by molar-refractivity contribution is 9.10. The molecule has 3 N–H and O–H groups in total. The van der Waals surface area contributed by atoms with Crippen LogP contribution in [0.4, 0.5) is 0 Å². The van der Waals surface area contributed by atoms with Gasteiger partial charge in [0.25, 0.3) is 0 Å². The highest BCUT2D eigenvalue weighted by Crippen LogP contribution is 2.45. The van der Waals surface area contributed by atoms with Gasteiger partial charge in [0.1, 0.15) is 0 Å². The summed E-state index contributed by atoms with van der Waals surface area (Å²) in [6, 6.07) is 0.0827. The third kappa shape index (κ3) is 3.03. The molecular weight excluding hydrogens is 334 g/mol. The number of nitrogens with zero attached hydrogens (tertiary/aromatic N) is 3. The third-order valence-electron chi connectivity index (χ3n) is 4.65. The molecule has 3 rings (SSSR count). The second-order valence-electron chi connectivity index (χ2n) is 6.32. The van der Waals surface area contributed by atoms with E-state index in [1.165, 1.54) is 6.42 Å². The Morgan fingerprint density at radius 2 is 2.38 bits per heavy atom. The van der Waals surface area contributed by atoms with Gasteiger partial charge in [0.2, 0.25) is 0 Å². The van der Waals surface area contributed by atoms with Gasteiger partial charge >= 0.3 is 0 Å². The van der Waals surface area contributed by atoms with Crippen molar-refractivity contribution in [2.45, 2.75) is 44.1 Å². The molecule has 1 aromatic heterocycles.